The van der Waals surface area contributed by atoms with Crippen molar-refractivity contribution in [2.75, 3.05) is 23.3 Å². The number of nitrogens with one attached hydrogen (secondary N) is 1. The third kappa shape index (κ3) is 3.44. The van der Waals surface area contributed by atoms with Crippen LogP contribution >= 0.6 is 0 Å². The Morgan fingerprint density at radius 2 is 2.15 bits per heavy atom. The van der Waals surface area contributed by atoms with E-state index in [0.29, 0.717) is 0 Å². The number of carbonyl (C=O) groups excluding carboxylic acids is 1. The summed E-state index contributed by atoms with van der Waals surface area (Å²) in [4.78, 5) is 14.0. The van der Waals surface area contributed by atoms with E-state index in [2.05, 4.69) is 18.3 Å². The van der Waals surface area contributed by atoms with Crippen molar-refractivity contribution in [3.63, 3.8) is 0 Å². The van der Waals surface area contributed by atoms with Crippen molar-refractivity contribution in [2.45, 2.75) is 46.1 Å². The average molecular weight is 276 g/mol. The van der Waals surface area contributed by atoms with Crippen molar-refractivity contribution in [2.24, 2.45) is 0 Å². The Morgan fingerprint density at radius 3 is 2.80 bits per heavy atom. The highest BCUT2D eigenvalue weighted by molar-refractivity contribution is 5.90. The summed E-state index contributed by atoms with van der Waals surface area (Å²) in [5.41, 5.74) is 2.84. The lowest BCUT2D eigenvalue weighted by molar-refractivity contribution is 0.0578. The first-order valence-electron chi connectivity index (χ1n) is 7.28. The molecule has 2 rings (SSSR count). The molecule has 0 fully saturated rings. The molecule has 0 atom stereocenters. The first-order valence-corrected chi connectivity index (χ1v) is 7.28. The van der Waals surface area contributed by atoms with Crippen molar-refractivity contribution in [1.82, 2.24) is 0 Å². The Kier molecular flexibility index (Phi) is 4.21. The second-order valence-electron chi connectivity index (χ2n) is 6.11. The van der Waals surface area contributed by atoms with Gasteiger partial charge in [0.1, 0.15) is 5.60 Å². The number of aryl methyl sites for hydroxylation is 1. The molecule has 0 aliphatic carbocycles. The monoisotopic (exact) mass is 276 g/mol. The predicted molar refractivity (Wildman–Crippen MR) is 82.5 cm³/mol. The number of hydrogen-bond acceptors (Lipinski definition) is 3. The van der Waals surface area contributed by atoms with Gasteiger partial charge in [-0.2, -0.15) is 0 Å². The molecule has 1 amide bonds. The Bertz CT molecular complexity index is 492. The highest BCUT2D eigenvalue weighted by Gasteiger charge is 2.27. The molecule has 1 aliphatic heterocycles. The number of carbonyl (C=O) groups is 1. The van der Waals surface area contributed by atoms with Crippen molar-refractivity contribution < 1.29 is 9.53 Å². The second-order valence-corrected chi connectivity index (χ2v) is 6.11. The fourth-order valence-corrected chi connectivity index (χ4v) is 2.42. The van der Waals surface area contributed by atoms with E-state index in [1.54, 1.807) is 4.90 Å². The van der Waals surface area contributed by atoms with Crippen LogP contribution < -0.4 is 10.2 Å². The predicted octanol–water partition coefficient (Wildman–Crippen LogP) is 3.81. The number of nitrogens with zero attached hydrogens (tertiary/aromatic N) is 1. The Hall–Kier alpha value is -1.71. The second kappa shape index (κ2) is 5.73. The molecule has 1 N–H and O–H groups in total. The van der Waals surface area contributed by atoms with Gasteiger partial charge in [0.25, 0.3) is 0 Å². The van der Waals surface area contributed by atoms with Crippen LogP contribution in [0.4, 0.5) is 16.2 Å². The molecule has 4 nitrogen and oxygen atoms in total. The Labute approximate surface area is 121 Å². The SMILES string of the molecule is CCNc1ccc2c(c1)CCCN2C(=O)OC(C)(C)C. The molecular formula is C16H24N2O2. The lowest BCUT2D eigenvalue weighted by Crippen LogP contribution is -2.39. The van der Waals surface area contributed by atoms with Crippen LogP contribution in [0.5, 0.6) is 0 Å². The van der Waals surface area contributed by atoms with Crippen molar-refractivity contribution >= 4 is 17.5 Å². The number of rotatable bonds is 2. The van der Waals surface area contributed by atoms with E-state index in [4.69, 9.17) is 4.74 Å². The van der Waals surface area contributed by atoms with Gasteiger partial charge in [0.2, 0.25) is 0 Å². The lowest BCUT2D eigenvalue weighted by atomic mass is 10.0. The van der Waals surface area contributed by atoms with Crippen molar-refractivity contribution in [3.8, 4) is 0 Å². The summed E-state index contributed by atoms with van der Waals surface area (Å²) in [5.74, 6) is 0. The van der Waals surface area contributed by atoms with E-state index in [0.717, 1.165) is 37.3 Å². The molecule has 1 heterocycles. The van der Waals surface area contributed by atoms with Gasteiger partial charge >= 0.3 is 6.09 Å². The first kappa shape index (κ1) is 14.7. The fraction of sp³-hybridized carbons (Fsp3) is 0.562. The van der Waals surface area contributed by atoms with Gasteiger partial charge in [0.15, 0.2) is 0 Å². The van der Waals surface area contributed by atoms with Gasteiger partial charge in [0.05, 0.1) is 5.69 Å². The number of benzene rings is 1. The minimum absolute atomic E-state index is 0.255. The summed E-state index contributed by atoms with van der Waals surface area (Å²) in [6, 6.07) is 6.16. The quantitative estimate of drug-likeness (QED) is 0.893. The topological polar surface area (TPSA) is 41.6 Å². The van der Waals surface area contributed by atoms with Gasteiger partial charge < -0.3 is 10.1 Å². The first-order chi connectivity index (χ1) is 9.40. The molecule has 20 heavy (non-hydrogen) atoms. The molecule has 0 saturated heterocycles. The summed E-state index contributed by atoms with van der Waals surface area (Å²) in [7, 11) is 0. The number of fused-ring (bicyclic) bond motifs is 1. The molecule has 0 spiro atoms. The zero-order chi connectivity index (χ0) is 14.8. The molecular weight excluding hydrogens is 252 g/mol. The minimum Gasteiger partial charge on any atom is -0.443 e. The van der Waals surface area contributed by atoms with Crippen LogP contribution in [0.1, 0.15) is 39.7 Å². The summed E-state index contributed by atoms with van der Waals surface area (Å²) in [6.07, 6.45) is 1.73. The number of hydrogen-bond donors (Lipinski definition) is 1. The molecule has 0 unspecified atom stereocenters. The zero-order valence-electron chi connectivity index (χ0n) is 12.8. The van der Waals surface area contributed by atoms with Gasteiger partial charge in [-0.15, -0.1) is 0 Å². The number of anilines is 2. The van der Waals surface area contributed by atoms with Crippen LogP contribution in [-0.2, 0) is 11.2 Å². The van der Waals surface area contributed by atoms with Crippen LogP contribution in [0.2, 0.25) is 0 Å². The minimum atomic E-state index is -0.460. The molecule has 0 radical (unpaired) electrons. The standard InChI is InChI=1S/C16H24N2O2/c1-5-17-13-8-9-14-12(11-13)7-6-10-18(14)15(19)20-16(2,3)4/h8-9,11,17H,5-7,10H2,1-4H3. The molecule has 1 aliphatic rings. The largest absolute Gasteiger partial charge is 0.443 e. The van der Waals surface area contributed by atoms with Crippen LogP contribution in [0.25, 0.3) is 0 Å². The normalized spacial score (nSPS) is 14.7. The highest BCUT2D eigenvalue weighted by Crippen LogP contribution is 2.30. The van der Waals surface area contributed by atoms with E-state index in [1.165, 1.54) is 5.56 Å². The maximum absolute atomic E-state index is 12.3. The fourth-order valence-electron chi connectivity index (χ4n) is 2.42. The van der Waals surface area contributed by atoms with Gasteiger partial charge in [-0.25, -0.2) is 4.79 Å². The van der Waals surface area contributed by atoms with Gasteiger partial charge in [-0.05, 0) is 64.3 Å². The molecule has 1 aromatic carbocycles. The van der Waals surface area contributed by atoms with Gasteiger partial charge in [-0.1, -0.05) is 0 Å². The van der Waals surface area contributed by atoms with E-state index >= 15 is 0 Å². The van der Waals surface area contributed by atoms with Crippen LogP contribution in [-0.4, -0.2) is 24.8 Å². The van der Waals surface area contributed by atoms with Crippen LogP contribution in [0.3, 0.4) is 0 Å². The molecule has 1 aromatic rings. The zero-order valence-corrected chi connectivity index (χ0v) is 12.8. The van der Waals surface area contributed by atoms with Crippen LogP contribution in [0.15, 0.2) is 18.2 Å². The lowest BCUT2D eigenvalue weighted by Gasteiger charge is -2.32. The van der Waals surface area contributed by atoms with E-state index < -0.39 is 5.60 Å². The van der Waals surface area contributed by atoms with E-state index in [1.807, 2.05) is 32.9 Å². The van der Waals surface area contributed by atoms with Gasteiger partial charge in [-0.3, -0.25) is 4.90 Å². The maximum Gasteiger partial charge on any atom is 0.414 e. The third-order valence-electron chi connectivity index (χ3n) is 3.19. The summed E-state index contributed by atoms with van der Waals surface area (Å²) < 4.78 is 5.48. The molecule has 0 bridgehead atoms. The molecule has 4 heteroatoms. The summed E-state index contributed by atoms with van der Waals surface area (Å²) in [6.45, 7) is 9.38. The van der Waals surface area contributed by atoms with E-state index in [-0.39, 0.29) is 6.09 Å². The van der Waals surface area contributed by atoms with Crippen molar-refractivity contribution in [1.29, 1.82) is 0 Å². The smallest absolute Gasteiger partial charge is 0.414 e. The molecule has 0 aromatic heterocycles. The van der Waals surface area contributed by atoms with E-state index in [9.17, 15) is 4.79 Å². The highest BCUT2D eigenvalue weighted by atomic mass is 16.6. The Morgan fingerprint density at radius 1 is 1.40 bits per heavy atom. The summed E-state index contributed by atoms with van der Waals surface area (Å²) in [5, 5.41) is 3.31. The maximum atomic E-state index is 12.3. The number of ether oxygens (including phenoxy) is 1. The van der Waals surface area contributed by atoms with Crippen LogP contribution in [0, 0.1) is 0 Å². The molecule has 0 saturated carbocycles. The Balaban J connectivity index is 2.22. The molecule has 110 valence electrons. The average Bonchev–Trinajstić information content (AvgIpc) is 2.36. The third-order valence-corrected chi connectivity index (χ3v) is 3.19. The van der Waals surface area contributed by atoms with Gasteiger partial charge in [0, 0.05) is 18.8 Å². The number of amides is 1. The summed E-state index contributed by atoms with van der Waals surface area (Å²) >= 11 is 0. The van der Waals surface area contributed by atoms with Crippen molar-refractivity contribution in [3.05, 3.63) is 23.8 Å².